The number of ether oxygens (including phenoxy) is 1. The van der Waals surface area contributed by atoms with Crippen molar-refractivity contribution in [3.05, 3.63) is 21.9 Å². The van der Waals surface area contributed by atoms with Gasteiger partial charge in [0.25, 0.3) is 11.5 Å². The first-order valence-electron chi connectivity index (χ1n) is 6.15. The number of amides is 1. The molecular weight excluding hydrogens is 250 g/mol. The fourth-order valence-electron chi connectivity index (χ4n) is 2.07. The first kappa shape index (κ1) is 13.5. The number of nitrogens with one attached hydrogen (secondary N) is 1. The van der Waals surface area contributed by atoms with Crippen LogP contribution >= 0.6 is 0 Å². The molecule has 1 aliphatic heterocycles. The van der Waals surface area contributed by atoms with Gasteiger partial charge < -0.3 is 15.2 Å². The molecular formula is C12H17N3O4. The second kappa shape index (κ2) is 4.65. The van der Waals surface area contributed by atoms with E-state index in [0.717, 1.165) is 0 Å². The topological polar surface area (TPSA) is 93.5 Å². The van der Waals surface area contributed by atoms with Crippen LogP contribution < -0.4 is 10.9 Å². The van der Waals surface area contributed by atoms with Gasteiger partial charge in [-0.2, -0.15) is 0 Å². The van der Waals surface area contributed by atoms with Crippen molar-refractivity contribution in [2.75, 3.05) is 13.2 Å². The highest BCUT2D eigenvalue weighted by molar-refractivity contribution is 5.94. The van der Waals surface area contributed by atoms with Crippen molar-refractivity contribution in [3.63, 3.8) is 0 Å². The molecule has 19 heavy (non-hydrogen) atoms. The van der Waals surface area contributed by atoms with E-state index in [2.05, 4.69) is 10.3 Å². The molecule has 1 aromatic heterocycles. The fraction of sp³-hybridized carbons (Fsp3) is 0.583. The Kier molecular flexibility index (Phi) is 3.32. The van der Waals surface area contributed by atoms with Gasteiger partial charge in [0.1, 0.15) is 11.4 Å². The van der Waals surface area contributed by atoms with E-state index in [1.807, 2.05) is 0 Å². The number of nitrogens with zero attached hydrogens (tertiary/aromatic N) is 2. The molecule has 0 spiro atoms. The van der Waals surface area contributed by atoms with E-state index >= 15 is 0 Å². The lowest BCUT2D eigenvalue weighted by Crippen LogP contribution is -2.42. The zero-order valence-electron chi connectivity index (χ0n) is 11.2. The molecule has 7 heteroatoms. The standard InChI is InChI=1S/C12H17N3O4/c1-4-13-9(17)7-8(16)10(18)15-5-6-19-12(2,3)11(15)14-7/h16H,4-6H2,1-3H3,(H,13,17). The minimum atomic E-state index is -0.771. The Morgan fingerprint density at radius 3 is 2.89 bits per heavy atom. The number of carbonyl (C=O) groups excluding carboxylic acids is 1. The van der Waals surface area contributed by atoms with Crippen LogP contribution in [0, 0.1) is 0 Å². The third-order valence-electron chi connectivity index (χ3n) is 3.01. The number of hydrogen-bond donors (Lipinski definition) is 2. The van der Waals surface area contributed by atoms with E-state index in [1.54, 1.807) is 20.8 Å². The highest BCUT2D eigenvalue weighted by Gasteiger charge is 2.34. The Morgan fingerprint density at radius 2 is 2.26 bits per heavy atom. The van der Waals surface area contributed by atoms with Crippen LogP contribution in [0.4, 0.5) is 0 Å². The molecule has 0 saturated heterocycles. The zero-order chi connectivity index (χ0) is 14.2. The largest absolute Gasteiger partial charge is 0.501 e. The van der Waals surface area contributed by atoms with Gasteiger partial charge in [-0.25, -0.2) is 4.98 Å². The molecule has 0 fully saturated rings. The van der Waals surface area contributed by atoms with E-state index in [-0.39, 0.29) is 5.69 Å². The van der Waals surface area contributed by atoms with E-state index in [4.69, 9.17) is 4.74 Å². The molecule has 0 atom stereocenters. The first-order valence-corrected chi connectivity index (χ1v) is 6.15. The number of hydrogen-bond acceptors (Lipinski definition) is 5. The summed E-state index contributed by atoms with van der Waals surface area (Å²) in [5, 5.41) is 12.3. The lowest BCUT2D eigenvalue weighted by atomic mass is 10.1. The summed E-state index contributed by atoms with van der Waals surface area (Å²) in [7, 11) is 0. The van der Waals surface area contributed by atoms with Gasteiger partial charge in [0.2, 0.25) is 5.75 Å². The number of fused-ring (bicyclic) bond motifs is 1. The summed E-state index contributed by atoms with van der Waals surface area (Å²) in [4.78, 5) is 28.0. The molecule has 2 rings (SSSR count). The SMILES string of the molecule is CCNC(=O)c1nc2n(c(=O)c1O)CCOC2(C)C. The van der Waals surface area contributed by atoms with Crippen LogP contribution in [0.5, 0.6) is 5.75 Å². The van der Waals surface area contributed by atoms with E-state index in [9.17, 15) is 14.7 Å². The summed E-state index contributed by atoms with van der Waals surface area (Å²) in [6.07, 6.45) is 0. The van der Waals surface area contributed by atoms with Crippen LogP contribution in [0.25, 0.3) is 0 Å². The summed E-state index contributed by atoms with van der Waals surface area (Å²) >= 11 is 0. The average Bonchev–Trinajstić information content (AvgIpc) is 2.34. The predicted molar refractivity (Wildman–Crippen MR) is 67.1 cm³/mol. The maximum absolute atomic E-state index is 12.1. The zero-order valence-corrected chi connectivity index (χ0v) is 11.2. The van der Waals surface area contributed by atoms with Gasteiger partial charge in [0, 0.05) is 6.54 Å². The quantitative estimate of drug-likeness (QED) is 0.784. The lowest BCUT2D eigenvalue weighted by Gasteiger charge is -2.32. The molecule has 0 aromatic carbocycles. The van der Waals surface area contributed by atoms with Gasteiger partial charge in [-0.15, -0.1) is 0 Å². The summed E-state index contributed by atoms with van der Waals surface area (Å²) in [6.45, 7) is 6.34. The van der Waals surface area contributed by atoms with Crippen LogP contribution in [0.3, 0.4) is 0 Å². The second-order valence-electron chi connectivity index (χ2n) is 4.81. The van der Waals surface area contributed by atoms with Crippen LogP contribution in [0.2, 0.25) is 0 Å². The van der Waals surface area contributed by atoms with Crippen LogP contribution in [0.15, 0.2) is 4.79 Å². The molecule has 1 amide bonds. The monoisotopic (exact) mass is 267 g/mol. The second-order valence-corrected chi connectivity index (χ2v) is 4.81. The molecule has 0 bridgehead atoms. The predicted octanol–water partition coefficient (Wildman–Crippen LogP) is -0.0361. The Hall–Kier alpha value is -1.89. The van der Waals surface area contributed by atoms with Gasteiger partial charge in [-0.05, 0) is 20.8 Å². The van der Waals surface area contributed by atoms with Crippen molar-refractivity contribution in [1.82, 2.24) is 14.9 Å². The fourth-order valence-corrected chi connectivity index (χ4v) is 2.07. The van der Waals surface area contributed by atoms with Gasteiger partial charge in [-0.1, -0.05) is 0 Å². The van der Waals surface area contributed by atoms with Crippen LogP contribution in [0.1, 0.15) is 37.1 Å². The Balaban J connectivity index is 2.64. The minimum Gasteiger partial charge on any atom is -0.501 e. The Labute approximate surface area is 110 Å². The summed E-state index contributed by atoms with van der Waals surface area (Å²) in [6, 6.07) is 0. The van der Waals surface area contributed by atoms with Gasteiger partial charge in [0.05, 0.1) is 13.2 Å². The Morgan fingerprint density at radius 1 is 1.58 bits per heavy atom. The number of aromatic hydroxyl groups is 1. The molecule has 2 heterocycles. The van der Waals surface area contributed by atoms with Crippen LogP contribution in [-0.2, 0) is 16.9 Å². The molecule has 2 N–H and O–H groups in total. The Bertz CT molecular complexity index is 577. The number of carbonyl (C=O) groups is 1. The smallest absolute Gasteiger partial charge is 0.296 e. The average molecular weight is 267 g/mol. The van der Waals surface area contributed by atoms with E-state index in [1.165, 1.54) is 4.57 Å². The molecule has 104 valence electrons. The van der Waals surface area contributed by atoms with Gasteiger partial charge >= 0.3 is 0 Å². The highest BCUT2D eigenvalue weighted by Crippen LogP contribution is 2.27. The first-order chi connectivity index (χ1) is 8.88. The molecule has 0 saturated carbocycles. The van der Waals surface area contributed by atoms with Crippen molar-refractivity contribution in [1.29, 1.82) is 0 Å². The lowest BCUT2D eigenvalue weighted by molar-refractivity contribution is -0.0566. The van der Waals surface area contributed by atoms with Gasteiger partial charge in [-0.3, -0.25) is 14.2 Å². The van der Waals surface area contributed by atoms with E-state index < -0.39 is 22.8 Å². The maximum atomic E-state index is 12.1. The van der Waals surface area contributed by atoms with Crippen molar-refractivity contribution in [3.8, 4) is 5.75 Å². The van der Waals surface area contributed by atoms with Crippen molar-refractivity contribution in [2.24, 2.45) is 0 Å². The summed E-state index contributed by atoms with van der Waals surface area (Å²) in [5.41, 5.74) is -1.63. The third kappa shape index (κ3) is 2.21. The molecule has 0 radical (unpaired) electrons. The highest BCUT2D eigenvalue weighted by atomic mass is 16.5. The maximum Gasteiger partial charge on any atom is 0.296 e. The summed E-state index contributed by atoms with van der Waals surface area (Å²) < 4.78 is 6.89. The van der Waals surface area contributed by atoms with Crippen molar-refractivity contribution < 1.29 is 14.6 Å². The number of rotatable bonds is 2. The van der Waals surface area contributed by atoms with Crippen molar-refractivity contribution in [2.45, 2.75) is 32.9 Å². The number of aromatic nitrogens is 2. The molecule has 0 unspecified atom stereocenters. The van der Waals surface area contributed by atoms with E-state index in [0.29, 0.717) is 25.5 Å². The minimum absolute atomic E-state index is 0.253. The third-order valence-corrected chi connectivity index (χ3v) is 3.01. The normalized spacial score (nSPS) is 16.8. The van der Waals surface area contributed by atoms with Crippen LogP contribution in [-0.4, -0.2) is 33.7 Å². The van der Waals surface area contributed by atoms with Gasteiger partial charge in [0.15, 0.2) is 5.69 Å². The molecule has 1 aliphatic rings. The molecule has 1 aromatic rings. The van der Waals surface area contributed by atoms with Crippen molar-refractivity contribution >= 4 is 5.91 Å². The summed E-state index contributed by atoms with van der Waals surface area (Å²) in [5.74, 6) is -0.836. The molecule has 0 aliphatic carbocycles. The molecule has 7 nitrogen and oxygen atoms in total.